The molecule has 5 rings (SSSR count). The standard InChI is InChI=1S/C30H29F3N6O4S/c1-18-14-24(42-3)12-13-25(18)39-26(40)16-44-29(39)36-28(41)35-19(2)15-20-4-6-21(7-5-20)27-34-17-38(37-27)22-8-10-23(11-9-22)43-30(31,32)33/h4-11,14,17,19H,12-13,15-16H2,1-3H3,(H,35,41)/b36-29-. The molecule has 1 aliphatic heterocycles. The molecular formula is C30H29F3N6O4S. The van der Waals surface area contributed by atoms with Crippen molar-refractivity contribution in [1.29, 1.82) is 0 Å². The summed E-state index contributed by atoms with van der Waals surface area (Å²) in [6, 6.07) is 12.1. The van der Waals surface area contributed by atoms with Gasteiger partial charge >= 0.3 is 12.4 Å². The van der Waals surface area contributed by atoms with E-state index in [1.807, 2.05) is 44.2 Å². The fraction of sp³-hybridized carbons (Fsp3) is 0.300. The lowest BCUT2D eigenvalue weighted by molar-refractivity contribution is -0.274. The number of benzene rings is 2. The number of ether oxygens (including phenoxy) is 2. The van der Waals surface area contributed by atoms with Crippen molar-refractivity contribution in [2.45, 2.75) is 45.5 Å². The Hall–Kier alpha value is -4.59. The summed E-state index contributed by atoms with van der Waals surface area (Å²) in [5.41, 5.74) is 3.96. The summed E-state index contributed by atoms with van der Waals surface area (Å²) in [4.78, 5) is 35.5. The molecule has 0 radical (unpaired) electrons. The van der Waals surface area contributed by atoms with Crippen LogP contribution < -0.4 is 10.1 Å². The second kappa shape index (κ2) is 13.0. The minimum absolute atomic E-state index is 0.105. The van der Waals surface area contributed by atoms with Gasteiger partial charge in [-0.15, -0.1) is 18.3 Å². The van der Waals surface area contributed by atoms with Crippen LogP contribution in [0.2, 0.25) is 0 Å². The highest BCUT2D eigenvalue weighted by atomic mass is 32.2. The largest absolute Gasteiger partial charge is 0.573 e. The van der Waals surface area contributed by atoms with Crippen molar-refractivity contribution >= 4 is 28.9 Å². The smallest absolute Gasteiger partial charge is 0.501 e. The van der Waals surface area contributed by atoms with Crippen LogP contribution in [0, 0.1) is 0 Å². The van der Waals surface area contributed by atoms with E-state index in [-0.39, 0.29) is 23.5 Å². The fourth-order valence-electron chi connectivity index (χ4n) is 4.84. The highest BCUT2D eigenvalue weighted by molar-refractivity contribution is 8.15. The van der Waals surface area contributed by atoms with Crippen LogP contribution in [-0.2, 0) is 16.0 Å². The van der Waals surface area contributed by atoms with Crippen LogP contribution in [0.25, 0.3) is 17.1 Å². The number of amides is 3. The lowest BCUT2D eigenvalue weighted by Gasteiger charge is -2.25. The first kappa shape index (κ1) is 30.9. The number of aliphatic imine (C=N–C) groups is 1. The minimum Gasteiger partial charge on any atom is -0.501 e. The number of nitrogens with one attached hydrogen (secondary N) is 1. The first-order valence-corrected chi connectivity index (χ1v) is 14.6. The quantitative estimate of drug-likeness (QED) is 0.326. The third kappa shape index (κ3) is 7.48. The van der Waals surface area contributed by atoms with E-state index in [1.165, 1.54) is 47.0 Å². The Morgan fingerprint density at radius 3 is 2.52 bits per heavy atom. The van der Waals surface area contributed by atoms with Crippen molar-refractivity contribution in [1.82, 2.24) is 25.0 Å². The second-order valence-electron chi connectivity index (χ2n) is 10.2. The SMILES string of the molecule is COC1=CC(C)=C(N2C(=O)CS/C2=N\C(=O)NC(C)Cc2ccc(-c3ncn(-c4ccc(OC(F)(F)F)cc4)n3)cc2)CC1. The van der Waals surface area contributed by atoms with E-state index < -0.39 is 12.4 Å². The Morgan fingerprint density at radius 1 is 1.14 bits per heavy atom. The van der Waals surface area contributed by atoms with Gasteiger partial charge in [-0.25, -0.2) is 14.5 Å². The van der Waals surface area contributed by atoms with E-state index in [1.54, 1.807) is 12.0 Å². The predicted octanol–water partition coefficient (Wildman–Crippen LogP) is 6.00. The van der Waals surface area contributed by atoms with Crippen LogP contribution in [0.4, 0.5) is 18.0 Å². The van der Waals surface area contributed by atoms with E-state index in [0.717, 1.165) is 28.2 Å². The van der Waals surface area contributed by atoms with Crippen LogP contribution in [-0.4, -0.2) is 62.0 Å². The van der Waals surface area contributed by atoms with Gasteiger partial charge in [-0.2, -0.15) is 4.99 Å². The summed E-state index contributed by atoms with van der Waals surface area (Å²) in [6.07, 6.45) is 0.441. The number of nitrogens with zero attached hydrogens (tertiary/aromatic N) is 5. The third-order valence-electron chi connectivity index (χ3n) is 6.89. The summed E-state index contributed by atoms with van der Waals surface area (Å²) < 4.78 is 47.9. The average molecular weight is 627 g/mol. The van der Waals surface area contributed by atoms with Crippen molar-refractivity contribution in [2.75, 3.05) is 12.9 Å². The first-order chi connectivity index (χ1) is 21.0. The van der Waals surface area contributed by atoms with E-state index in [0.29, 0.717) is 35.9 Å². The predicted molar refractivity (Wildman–Crippen MR) is 159 cm³/mol. The Balaban J connectivity index is 1.18. The summed E-state index contributed by atoms with van der Waals surface area (Å²) in [5.74, 6) is 1.08. The van der Waals surface area contributed by atoms with Crippen LogP contribution in [0.15, 0.2) is 83.0 Å². The van der Waals surface area contributed by atoms with E-state index in [4.69, 9.17) is 4.74 Å². The average Bonchev–Trinajstić information content (AvgIpc) is 3.60. The number of aromatic nitrogens is 3. The van der Waals surface area contributed by atoms with Gasteiger partial charge in [0.2, 0.25) is 5.91 Å². The Bertz CT molecular complexity index is 1630. The zero-order chi connectivity index (χ0) is 31.4. The first-order valence-electron chi connectivity index (χ1n) is 13.7. The third-order valence-corrected chi connectivity index (χ3v) is 7.81. The molecule has 1 aromatic heterocycles. The number of amidine groups is 1. The zero-order valence-electron chi connectivity index (χ0n) is 24.1. The summed E-state index contributed by atoms with van der Waals surface area (Å²) in [5, 5.41) is 7.67. The van der Waals surface area contributed by atoms with Gasteiger partial charge in [0.1, 0.15) is 12.1 Å². The molecule has 2 heterocycles. The van der Waals surface area contributed by atoms with Crippen molar-refractivity contribution in [2.24, 2.45) is 4.99 Å². The van der Waals surface area contributed by atoms with Gasteiger partial charge in [0.15, 0.2) is 11.0 Å². The van der Waals surface area contributed by atoms with Gasteiger partial charge in [-0.05, 0) is 68.2 Å². The molecule has 44 heavy (non-hydrogen) atoms. The van der Waals surface area contributed by atoms with E-state index in [2.05, 4.69) is 25.1 Å². The minimum atomic E-state index is -4.76. The Kier molecular flexibility index (Phi) is 9.09. The molecule has 14 heteroatoms. The molecule has 1 N–H and O–H groups in total. The molecule has 0 spiro atoms. The second-order valence-corrected chi connectivity index (χ2v) is 11.1. The number of rotatable bonds is 8. The van der Waals surface area contributed by atoms with Crippen molar-refractivity contribution in [3.8, 4) is 22.8 Å². The molecule has 0 bridgehead atoms. The zero-order valence-corrected chi connectivity index (χ0v) is 24.9. The van der Waals surface area contributed by atoms with Crippen LogP contribution in [0.5, 0.6) is 5.75 Å². The van der Waals surface area contributed by atoms with Gasteiger partial charge in [0, 0.05) is 23.7 Å². The maximum atomic E-state index is 12.8. The number of carbonyl (C=O) groups is 2. The molecule has 1 fully saturated rings. The van der Waals surface area contributed by atoms with E-state index in [9.17, 15) is 22.8 Å². The summed E-state index contributed by atoms with van der Waals surface area (Å²) >= 11 is 1.24. The van der Waals surface area contributed by atoms with Crippen molar-refractivity contribution in [3.63, 3.8) is 0 Å². The molecule has 2 aliphatic rings. The van der Waals surface area contributed by atoms with Crippen LogP contribution in [0.1, 0.15) is 32.3 Å². The normalized spacial score (nSPS) is 17.1. The number of alkyl halides is 3. The number of thioether (sulfide) groups is 1. The molecule has 3 aromatic rings. The molecule has 3 amide bonds. The van der Waals surface area contributed by atoms with Crippen molar-refractivity contribution < 1.29 is 32.2 Å². The number of halogens is 3. The fourth-order valence-corrected chi connectivity index (χ4v) is 5.71. The molecule has 1 saturated heterocycles. The number of allylic oxidation sites excluding steroid dienone is 4. The number of hydrogen-bond donors (Lipinski definition) is 1. The number of methoxy groups -OCH3 is 1. The highest BCUT2D eigenvalue weighted by Crippen LogP contribution is 2.33. The number of carbonyl (C=O) groups excluding carboxylic acids is 2. The molecule has 10 nitrogen and oxygen atoms in total. The monoisotopic (exact) mass is 626 g/mol. The molecule has 1 atom stereocenters. The van der Waals surface area contributed by atoms with Crippen molar-refractivity contribution in [3.05, 3.63) is 83.5 Å². The topological polar surface area (TPSA) is 111 Å². The lowest BCUT2D eigenvalue weighted by atomic mass is 10.0. The van der Waals surface area contributed by atoms with Crippen LogP contribution >= 0.6 is 11.8 Å². The summed E-state index contributed by atoms with van der Waals surface area (Å²) in [6.45, 7) is 3.78. The molecule has 1 aliphatic carbocycles. The molecule has 0 saturated carbocycles. The lowest BCUT2D eigenvalue weighted by Crippen LogP contribution is -2.35. The molecule has 230 valence electrons. The van der Waals surface area contributed by atoms with E-state index >= 15 is 0 Å². The van der Waals surface area contributed by atoms with Gasteiger partial charge in [0.25, 0.3) is 0 Å². The maximum absolute atomic E-state index is 12.8. The van der Waals surface area contributed by atoms with Gasteiger partial charge in [-0.3, -0.25) is 9.69 Å². The highest BCUT2D eigenvalue weighted by Gasteiger charge is 2.34. The Labute approximate surface area is 255 Å². The van der Waals surface area contributed by atoms with Gasteiger partial charge in [0.05, 0.1) is 24.3 Å². The number of hydrogen-bond acceptors (Lipinski definition) is 7. The molecule has 1 unspecified atom stereocenters. The molecular weight excluding hydrogens is 597 g/mol. The molecule has 2 aromatic carbocycles. The van der Waals surface area contributed by atoms with Crippen LogP contribution in [0.3, 0.4) is 0 Å². The number of urea groups is 1. The van der Waals surface area contributed by atoms with Gasteiger partial charge < -0.3 is 14.8 Å². The summed E-state index contributed by atoms with van der Waals surface area (Å²) in [7, 11) is 1.62. The van der Waals surface area contributed by atoms with Gasteiger partial charge in [-0.1, -0.05) is 36.0 Å². The Morgan fingerprint density at radius 2 is 1.86 bits per heavy atom. The maximum Gasteiger partial charge on any atom is 0.573 e.